The lowest BCUT2D eigenvalue weighted by molar-refractivity contribution is -0.484. The highest BCUT2D eigenvalue weighted by Gasteiger charge is 2.64. The van der Waals surface area contributed by atoms with Gasteiger partial charge < -0.3 is 0 Å². The summed E-state index contributed by atoms with van der Waals surface area (Å²) in [5, 5.41) is 17.7. The van der Waals surface area contributed by atoms with Crippen molar-refractivity contribution < 1.29 is 14.1 Å². The van der Waals surface area contributed by atoms with Gasteiger partial charge in [0, 0.05) is 4.92 Å². The Kier molecular flexibility index (Phi) is 4.48. The van der Waals surface area contributed by atoms with Crippen molar-refractivity contribution in [1.82, 2.24) is 0 Å². The molecule has 158 valence electrons. The minimum atomic E-state index is -1.51. The fraction of sp³-hybridized carbons (Fsp3) is 0.120. The largest absolute Gasteiger partial charge is 0.271 e. The maximum Gasteiger partial charge on any atom is 0.265 e. The maximum absolute atomic E-state index is 14.2. The van der Waals surface area contributed by atoms with Crippen molar-refractivity contribution in [2.75, 3.05) is 11.6 Å². The first-order valence-corrected chi connectivity index (χ1v) is 10.1. The van der Waals surface area contributed by atoms with Crippen LogP contribution in [0.15, 0.2) is 90.5 Å². The molecule has 0 N–H and O–H groups in total. The number of carbonyl (C=O) groups excluding carboxylic acids is 1. The van der Waals surface area contributed by atoms with E-state index in [0.29, 0.717) is 33.7 Å². The second-order valence-electron chi connectivity index (χ2n) is 7.85. The van der Waals surface area contributed by atoms with Crippen LogP contribution in [0.25, 0.3) is 5.57 Å². The molecule has 0 fully saturated rings. The van der Waals surface area contributed by atoms with Gasteiger partial charge in [-0.15, -0.1) is 0 Å². The van der Waals surface area contributed by atoms with Gasteiger partial charge >= 0.3 is 0 Å². The highest BCUT2D eigenvalue weighted by atomic mass is 19.1. The molecule has 3 aromatic carbocycles. The molecule has 1 spiro atoms. The number of nitro groups is 1. The van der Waals surface area contributed by atoms with E-state index in [4.69, 9.17) is 0 Å². The van der Waals surface area contributed by atoms with Gasteiger partial charge in [0.05, 0.1) is 17.3 Å². The van der Waals surface area contributed by atoms with E-state index in [0.717, 1.165) is 0 Å². The van der Waals surface area contributed by atoms with Crippen molar-refractivity contribution in [1.29, 1.82) is 0 Å². The van der Waals surface area contributed by atoms with Gasteiger partial charge in [-0.05, 0) is 46.5 Å². The molecule has 0 saturated heterocycles. The number of rotatable bonds is 4. The molecular formula is C25H18FN3O3. The van der Waals surface area contributed by atoms with Gasteiger partial charge in [-0.2, -0.15) is 10.1 Å². The summed E-state index contributed by atoms with van der Waals surface area (Å²) >= 11 is 0. The molecule has 1 aliphatic heterocycles. The Morgan fingerprint density at radius 1 is 1.06 bits per heavy atom. The van der Waals surface area contributed by atoms with Gasteiger partial charge in [0.2, 0.25) is 6.54 Å². The van der Waals surface area contributed by atoms with E-state index in [-0.39, 0.29) is 0 Å². The third-order valence-corrected chi connectivity index (χ3v) is 6.20. The van der Waals surface area contributed by atoms with Crippen molar-refractivity contribution in [2.24, 2.45) is 10.5 Å². The van der Waals surface area contributed by atoms with E-state index < -0.39 is 34.5 Å². The predicted molar refractivity (Wildman–Crippen MR) is 119 cm³/mol. The first-order chi connectivity index (χ1) is 15.4. The Bertz CT molecular complexity index is 1290. The summed E-state index contributed by atoms with van der Waals surface area (Å²) in [4.78, 5) is 25.3. The molecule has 6 nitrogen and oxygen atoms in total. The Hall–Kier alpha value is -4.13. The molecule has 0 bridgehead atoms. The molecule has 1 heterocycles. The molecule has 1 unspecified atom stereocenters. The van der Waals surface area contributed by atoms with Crippen molar-refractivity contribution in [3.8, 4) is 0 Å². The van der Waals surface area contributed by atoms with Crippen LogP contribution in [0.5, 0.6) is 0 Å². The molecule has 2 aliphatic rings. The van der Waals surface area contributed by atoms with Gasteiger partial charge in [-0.3, -0.25) is 14.9 Å². The first kappa shape index (κ1) is 19.8. The zero-order valence-corrected chi connectivity index (χ0v) is 16.9. The Labute approximate surface area is 183 Å². The molecule has 1 aliphatic carbocycles. The van der Waals surface area contributed by atoms with Crippen molar-refractivity contribution in [2.45, 2.75) is 5.92 Å². The standard InChI is InChI=1S/C25H18FN3O3/c1-16-20-13-12-18(26)14-21(20)22(15-28(31)32)25(16)23(17-8-4-2-5-9-17)27-29(24(25)30)19-10-6-3-7-11-19/h2-14,22H,1,15H2/t22?,25-/m0/s1. The zero-order chi connectivity index (χ0) is 22.5. The van der Waals surface area contributed by atoms with Crippen LogP contribution in [0.3, 0.4) is 0 Å². The Morgan fingerprint density at radius 3 is 2.38 bits per heavy atom. The number of anilines is 1. The molecule has 0 radical (unpaired) electrons. The average molecular weight is 427 g/mol. The van der Waals surface area contributed by atoms with E-state index in [1.54, 1.807) is 24.3 Å². The third kappa shape index (κ3) is 2.71. The molecule has 7 heteroatoms. The molecule has 32 heavy (non-hydrogen) atoms. The molecule has 0 saturated carbocycles. The fourth-order valence-corrected chi connectivity index (χ4v) is 4.84. The van der Waals surface area contributed by atoms with Crippen LogP contribution < -0.4 is 5.01 Å². The Morgan fingerprint density at radius 2 is 1.72 bits per heavy atom. The number of amides is 1. The van der Waals surface area contributed by atoms with Crippen LogP contribution in [-0.2, 0) is 4.79 Å². The molecule has 0 aromatic heterocycles. The minimum Gasteiger partial charge on any atom is -0.271 e. The zero-order valence-electron chi connectivity index (χ0n) is 16.9. The molecule has 3 aromatic rings. The maximum atomic E-state index is 14.2. The SMILES string of the molecule is C=C1c2ccc(F)cc2C(C[N+](=O)[O-])[C@@]12C(=O)N(c1ccccc1)N=C2c1ccccc1. The van der Waals surface area contributed by atoms with Crippen molar-refractivity contribution in [3.05, 3.63) is 118 Å². The number of carbonyl (C=O) groups is 1. The molecular weight excluding hydrogens is 409 g/mol. The summed E-state index contributed by atoms with van der Waals surface area (Å²) in [6.45, 7) is 3.64. The Balaban J connectivity index is 1.79. The number of hydrazone groups is 1. The van der Waals surface area contributed by atoms with Crippen LogP contribution >= 0.6 is 0 Å². The number of benzene rings is 3. The summed E-state index contributed by atoms with van der Waals surface area (Å²) in [5.74, 6) is -1.91. The number of halogens is 1. The second-order valence-corrected chi connectivity index (χ2v) is 7.85. The van der Waals surface area contributed by atoms with Gasteiger partial charge in [0.15, 0.2) is 0 Å². The normalized spacial score (nSPS) is 21.7. The minimum absolute atomic E-state index is 0.375. The summed E-state index contributed by atoms with van der Waals surface area (Å²) < 4.78 is 14.2. The van der Waals surface area contributed by atoms with Crippen LogP contribution in [-0.4, -0.2) is 23.1 Å². The fourth-order valence-electron chi connectivity index (χ4n) is 4.84. The molecule has 1 amide bonds. The highest BCUT2D eigenvalue weighted by molar-refractivity contribution is 6.33. The lowest BCUT2D eigenvalue weighted by Gasteiger charge is -2.30. The lowest BCUT2D eigenvalue weighted by atomic mass is 9.68. The first-order valence-electron chi connectivity index (χ1n) is 10.1. The van der Waals surface area contributed by atoms with E-state index in [9.17, 15) is 19.3 Å². The lowest BCUT2D eigenvalue weighted by Crippen LogP contribution is -2.44. The number of fused-ring (bicyclic) bond motifs is 1. The van der Waals surface area contributed by atoms with E-state index in [1.807, 2.05) is 36.4 Å². The van der Waals surface area contributed by atoms with E-state index in [1.165, 1.54) is 23.2 Å². The molecule has 2 atom stereocenters. The summed E-state index contributed by atoms with van der Waals surface area (Å²) in [5.41, 5.74) is 1.40. The van der Waals surface area contributed by atoms with Crippen LogP contribution in [0.2, 0.25) is 0 Å². The predicted octanol–water partition coefficient (Wildman–Crippen LogP) is 4.65. The van der Waals surface area contributed by atoms with Crippen LogP contribution in [0, 0.1) is 21.3 Å². The quantitative estimate of drug-likeness (QED) is 0.449. The van der Waals surface area contributed by atoms with Gasteiger partial charge in [-0.1, -0.05) is 61.2 Å². The topological polar surface area (TPSA) is 75.8 Å². The second kappa shape index (κ2) is 7.23. The van der Waals surface area contributed by atoms with Crippen molar-refractivity contribution in [3.63, 3.8) is 0 Å². The van der Waals surface area contributed by atoms with E-state index >= 15 is 0 Å². The van der Waals surface area contributed by atoms with Crippen LogP contribution in [0.1, 0.15) is 22.6 Å². The number of hydrogen-bond acceptors (Lipinski definition) is 4. The van der Waals surface area contributed by atoms with Gasteiger partial charge in [0.25, 0.3) is 5.91 Å². The van der Waals surface area contributed by atoms with Crippen molar-refractivity contribution >= 4 is 22.9 Å². The smallest absolute Gasteiger partial charge is 0.265 e. The number of para-hydroxylation sites is 1. The highest BCUT2D eigenvalue weighted by Crippen LogP contribution is 2.59. The van der Waals surface area contributed by atoms with Crippen LogP contribution in [0.4, 0.5) is 10.1 Å². The summed E-state index contributed by atoms with van der Waals surface area (Å²) in [7, 11) is 0. The average Bonchev–Trinajstić information content (AvgIpc) is 3.23. The third-order valence-electron chi connectivity index (χ3n) is 6.20. The summed E-state index contributed by atoms with van der Waals surface area (Å²) in [6.07, 6.45) is 0. The molecule has 5 rings (SSSR count). The van der Waals surface area contributed by atoms with Gasteiger partial charge in [-0.25, -0.2) is 4.39 Å². The van der Waals surface area contributed by atoms with E-state index in [2.05, 4.69) is 11.7 Å². The monoisotopic (exact) mass is 427 g/mol. The number of nitrogens with zero attached hydrogens (tertiary/aromatic N) is 3. The number of hydrogen-bond donors (Lipinski definition) is 0. The van der Waals surface area contributed by atoms with Gasteiger partial charge in [0.1, 0.15) is 11.2 Å². The summed E-state index contributed by atoms with van der Waals surface area (Å²) in [6, 6.07) is 22.1.